The SMILES string of the molecule is CN1CCN(c2ccc(Nc3ncc4c(n3)N(c3cccc(S(C)(=O)=O)n3)[C@@H]3CC(C)(C)OC[C@]43C)cc2)CC1. The van der Waals surface area contributed by atoms with E-state index >= 15 is 0 Å². The highest BCUT2D eigenvalue weighted by molar-refractivity contribution is 7.90. The highest BCUT2D eigenvalue weighted by Crippen LogP contribution is 2.53. The largest absolute Gasteiger partial charge is 0.374 e. The number of hydrogen-bond donors (Lipinski definition) is 1. The summed E-state index contributed by atoms with van der Waals surface area (Å²) in [5, 5.41) is 3.41. The third kappa shape index (κ3) is 4.90. The first-order chi connectivity index (χ1) is 18.9. The van der Waals surface area contributed by atoms with Gasteiger partial charge in [0.25, 0.3) is 0 Å². The molecule has 2 fully saturated rings. The van der Waals surface area contributed by atoms with E-state index in [0.29, 0.717) is 18.4 Å². The van der Waals surface area contributed by atoms with Crippen LogP contribution in [0, 0.1) is 0 Å². The van der Waals surface area contributed by atoms with E-state index in [2.05, 4.69) is 82.1 Å². The van der Waals surface area contributed by atoms with E-state index in [-0.39, 0.29) is 22.1 Å². The van der Waals surface area contributed by atoms with Crippen LogP contribution in [0.3, 0.4) is 0 Å². The minimum atomic E-state index is -3.48. The van der Waals surface area contributed by atoms with E-state index in [1.54, 1.807) is 6.07 Å². The lowest BCUT2D eigenvalue weighted by Crippen LogP contribution is -2.54. The van der Waals surface area contributed by atoms with Gasteiger partial charge in [-0.1, -0.05) is 13.0 Å². The number of rotatable bonds is 5. The maximum absolute atomic E-state index is 12.3. The van der Waals surface area contributed by atoms with E-state index in [0.717, 1.165) is 49.7 Å². The Morgan fingerprint density at radius 1 is 1.00 bits per heavy atom. The van der Waals surface area contributed by atoms with Crippen molar-refractivity contribution in [2.75, 3.05) is 61.2 Å². The molecule has 0 spiro atoms. The normalized spacial score (nSPS) is 24.5. The molecule has 2 atom stereocenters. The minimum Gasteiger partial charge on any atom is -0.374 e. The number of benzene rings is 1. The second kappa shape index (κ2) is 9.67. The zero-order valence-electron chi connectivity index (χ0n) is 23.8. The predicted octanol–water partition coefficient (Wildman–Crippen LogP) is 3.75. The van der Waals surface area contributed by atoms with Gasteiger partial charge in [-0.25, -0.2) is 18.4 Å². The zero-order chi connectivity index (χ0) is 28.3. The molecule has 0 radical (unpaired) electrons. The summed E-state index contributed by atoms with van der Waals surface area (Å²) < 4.78 is 31.0. The number of nitrogens with zero attached hydrogens (tertiary/aromatic N) is 6. The van der Waals surface area contributed by atoms with Crippen molar-refractivity contribution in [1.82, 2.24) is 19.9 Å². The van der Waals surface area contributed by atoms with E-state index < -0.39 is 9.84 Å². The molecule has 0 unspecified atom stereocenters. The zero-order valence-corrected chi connectivity index (χ0v) is 24.6. The highest BCUT2D eigenvalue weighted by Gasteiger charge is 2.55. The Hall–Kier alpha value is -3.28. The summed E-state index contributed by atoms with van der Waals surface area (Å²) in [4.78, 5) is 21.1. The first kappa shape index (κ1) is 26.9. The van der Waals surface area contributed by atoms with Gasteiger partial charge in [0.05, 0.1) is 18.2 Å². The number of sulfone groups is 1. The Labute approximate surface area is 236 Å². The molecule has 0 aliphatic carbocycles. The van der Waals surface area contributed by atoms with E-state index in [1.807, 2.05) is 12.3 Å². The van der Waals surface area contributed by atoms with Crippen molar-refractivity contribution >= 4 is 38.8 Å². The van der Waals surface area contributed by atoms with Gasteiger partial charge in [-0.3, -0.25) is 0 Å². The van der Waals surface area contributed by atoms with Crippen LogP contribution >= 0.6 is 0 Å². The van der Waals surface area contributed by atoms with Crippen molar-refractivity contribution in [2.24, 2.45) is 0 Å². The average Bonchev–Trinajstić information content (AvgIpc) is 3.16. The Balaban J connectivity index is 1.34. The first-order valence-electron chi connectivity index (χ1n) is 13.7. The van der Waals surface area contributed by atoms with Gasteiger partial charge in [-0.05, 0) is 63.7 Å². The smallest absolute Gasteiger partial charge is 0.229 e. The lowest BCUT2D eigenvalue weighted by atomic mass is 9.73. The maximum atomic E-state index is 12.3. The van der Waals surface area contributed by atoms with Crippen molar-refractivity contribution in [3.8, 4) is 0 Å². The van der Waals surface area contributed by atoms with Gasteiger partial charge < -0.3 is 24.8 Å². The summed E-state index contributed by atoms with van der Waals surface area (Å²) in [6.45, 7) is 11.0. The Bertz CT molecular complexity index is 1520. The molecule has 10 nitrogen and oxygen atoms in total. The van der Waals surface area contributed by atoms with Gasteiger partial charge in [0.1, 0.15) is 11.6 Å². The fraction of sp³-hybridized carbons (Fsp3) is 0.483. The van der Waals surface area contributed by atoms with Crippen LogP contribution in [0.5, 0.6) is 0 Å². The second-order valence-corrected chi connectivity index (χ2v) is 14.0. The average molecular weight is 564 g/mol. The molecule has 1 aromatic carbocycles. The molecule has 0 amide bonds. The van der Waals surface area contributed by atoms with E-state index in [4.69, 9.17) is 9.72 Å². The molecule has 3 aliphatic rings. The van der Waals surface area contributed by atoms with E-state index in [1.165, 1.54) is 18.0 Å². The van der Waals surface area contributed by atoms with Crippen molar-refractivity contribution < 1.29 is 13.2 Å². The number of piperazine rings is 1. The van der Waals surface area contributed by atoms with Crippen LogP contribution in [-0.4, -0.2) is 86.0 Å². The molecule has 212 valence electrons. The van der Waals surface area contributed by atoms with Crippen LogP contribution < -0.4 is 15.1 Å². The van der Waals surface area contributed by atoms with Crippen LogP contribution in [-0.2, 0) is 20.0 Å². The molecule has 1 N–H and O–H groups in total. The lowest BCUT2D eigenvalue weighted by molar-refractivity contribution is -0.0893. The van der Waals surface area contributed by atoms with E-state index in [9.17, 15) is 8.42 Å². The predicted molar refractivity (Wildman–Crippen MR) is 157 cm³/mol. The minimum absolute atomic E-state index is 0.0269. The third-order valence-electron chi connectivity index (χ3n) is 8.43. The summed E-state index contributed by atoms with van der Waals surface area (Å²) in [6.07, 6.45) is 3.78. The Kier molecular flexibility index (Phi) is 6.51. The topological polar surface area (TPSA) is 104 Å². The van der Waals surface area contributed by atoms with Crippen LogP contribution in [0.25, 0.3) is 0 Å². The number of pyridine rings is 1. The molecular formula is C29H37N7O3S. The molecule has 2 saturated heterocycles. The molecule has 5 heterocycles. The monoisotopic (exact) mass is 563 g/mol. The van der Waals surface area contributed by atoms with Crippen molar-refractivity contribution in [3.05, 3.63) is 54.2 Å². The number of nitrogens with one attached hydrogen (secondary N) is 1. The molecule has 0 saturated carbocycles. The lowest BCUT2D eigenvalue weighted by Gasteiger charge is -2.46. The van der Waals surface area contributed by atoms with Gasteiger partial charge in [0.15, 0.2) is 14.9 Å². The number of anilines is 5. The Morgan fingerprint density at radius 2 is 1.73 bits per heavy atom. The van der Waals surface area contributed by atoms with Gasteiger partial charge >= 0.3 is 0 Å². The standard InChI is InChI=1S/C29H37N7O3S/c1-28(2)17-23-29(3,19-39-28)22-18-30-27(31-20-9-11-21(12-10-20)35-15-13-34(4)14-16-35)33-26(22)36(23)24-7-6-8-25(32-24)40(5,37)38/h6-12,18,23H,13-17,19H2,1-5H3,(H,30,31,33)/t23-,29-/m1/s1. The number of fused-ring (bicyclic) bond motifs is 3. The number of aromatic nitrogens is 3. The van der Waals surface area contributed by atoms with Gasteiger partial charge in [-0.15, -0.1) is 0 Å². The van der Waals surface area contributed by atoms with Crippen molar-refractivity contribution in [1.29, 1.82) is 0 Å². The number of ether oxygens (including phenoxy) is 1. The van der Waals surface area contributed by atoms with Gasteiger partial charge in [0, 0.05) is 61.0 Å². The summed E-state index contributed by atoms with van der Waals surface area (Å²) in [6, 6.07) is 13.4. The summed E-state index contributed by atoms with van der Waals surface area (Å²) in [5.41, 5.74) is 2.34. The fourth-order valence-corrected chi connectivity index (χ4v) is 6.54. The molecule has 3 aromatic rings. The van der Waals surface area contributed by atoms with Crippen molar-refractivity contribution in [2.45, 2.75) is 49.3 Å². The summed E-state index contributed by atoms with van der Waals surface area (Å²) in [7, 11) is -1.32. The molecule has 11 heteroatoms. The van der Waals surface area contributed by atoms with Gasteiger partial charge in [-0.2, -0.15) is 4.98 Å². The van der Waals surface area contributed by atoms with Crippen LogP contribution in [0.2, 0.25) is 0 Å². The molecule has 0 bridgehead atoms. The first-order valence-corrected chi connectivity index (χ1v) is 15.6. The molecule has 40 heavy (non-hydrogen) atoms. The quantitative estimate of drug-likeness (QED) is 0.494. The molecule has 3 aliphatic heterocycles. The molecule has 6 rings (SSSR count). The number of hydrogen-bond acceptors (Lipinski definition) is 10. The summed E-state index contributed by atoms with van der Waals surface area (Å²) >= 11 is 0. The highest BCUT2D eigenvalue weighted by atomic mass is 32.2. The third-order valence-corrected chi connectivity index (χ3v) is 9.42. The fourth-order valence-electron chi connectivity index (χ4n) is 5.95. The maximum Gasteiger partial charge on any atom is 0.229 e. The van der Waals surface area contributed by atoms with Crippen molar-refractivity contribution in [3.63, 3.8) is 0 Å². The Morgan fingerprint density at radius 3 is 2.42 bits per heavy atom. The molecular weight excluding hydrogens is 526 g/mol. The van der Waals surface area contributed by atoms with Crippen LogP contribution in [0.1, 0.15) is 32.8 Å². The van der Waals surface area contributed by atoms with Crippen LogP contribution in [0.15, 0.2) is 53.7 Å². The summed E-state index contributed by atoms with van der Waals surface area (Å²) in [5.74, 6) is 1.74. The number of likely N-dealkylation sites (N-methyl/N-ethyl adjacent to an activating group) is 1. The van der Waals surface area contributed by atoms with Crippen LogP contribution in [0.4, 0.5) is 29.0 Å². The van der Waals surface area contributed by atoms with Gasteiger partial charge in [0.2, 0.25) is 5.95 Å². The molecule has 2 aromatic heterocycles. The second-order valence-electron chi connectivity index (χ2n) is 12.1.